The predicted octanol–water partition coefficient (Wildman–Crippen LogP) is 5.61. The van der Waals surface area contributed by atoms with Crippen LogP contribution < -0.4 is 4.74 Å². The summed E-state index contributed by atoms with van der Waals surface area (Å²) in [5.41, 5.74) is 4.40. The molecule has 2 N–H and O–H groups in total. The lowest BCUT2D eigenvalue weighted by Crippen LogP contribution is -2.55. The first-order valence-electron chi connectivity index (χ1n) is 15.5. The van der Waals surface area contributed by atoms with Crippen LogP contribution in [0, 0.1) is 35.0 Å². The van der Waals surface area contributed by atoms with Gasteiger partial charge in [-0.2, -0.15) is 5.06 Å². The van der Waals surface area contributed by atoms with Gasteiger partial charge in [-0.3, -0.25) is 9.63 Å². The van der Waals surface area contributed by atoms with Crippen LogP contribution in [-0.4, -0.2) is 57.6 Å². The van der Waals surface area contributed by atoms with Crippen molar-refractivity contribution in [2.75, 3.05) is 13.7 Å². The number of methoxy groups -OCH3 is 1. The largest absolute Gasteiger partial charge is 0.496 e. The number of Topliss-reactive ketones (excluding diaryl/α,β-unsaturated/α-hetero) is 1. The standard InChI is InChI=1S/C35H46N2O5/c1-20-24(15-25-17-28(20)35(25,3)4)16-29(40)33-31(21(2)39)30(19-38)42-37(33)18-23-10-8-12-27(34(23)41-6)26-11-7-9-22-13-14-36(5)32(22)26/h7-14,20-21,24-25,28,30-31,33,38-39H,15-19H2,1-6H3/t20-,21+,24-,25+,28+,30+,31+,33?/m1/s1. The molecule has 8 atom stereocenters. The molecule has 1 aromatic heterocycles. The highest BCUT2D eigenvalue weighted by atomic mass is 16.7. The molecule has 2 heterocycles. The van der Waals surface area contributed by atoms with E-state index >= 15 is 0 Å². The molecule has 0 spiro atoms. The molecule has 7 rings (SSSR count). The van der Waals surface area contributed by atoms with Gasteiger partial charge in [-0.15, -0.1) is 0 Å². The van der Waals surface area contributed by atoms with Gasteiger partial charge in [-0.05, 0) is 54.9 Å². The summed E-state index contributed by atoms with van der Waals surface area (Å²) in [6.45, 7) is 8.80. The van der Waals surface area contributed by atoms with Gasteiger partial charge in [0.1, 0.15) is 17.9 Å². The van der Waals surface area contributed by atoms with Crippen LogP contribution in [0.5, 0.6) is 5.75 Å². The Labute approximate surface area is 249 Å². The predicted molar refractivity (Wildman–Crippen MR) is 164 cm³/mol. The van der Waals surface area contributed by atoms with E-state index in [4.69, 9.17) is 9.57 Å². The minimum atomic E-state index is -0.805. The number of hydrogen-bond donors (Lipinski definition) is 2. The number of benzene rings is 2. The maximum atomic E-state index is 14.2. The van der Waals surface area contributed by atoms with Crippen molar-refractivity contribution in [3.8, 4) is 16.9 Å². The fourth-order valence-electron chi connectivity index (χ4n) is 8.75. The number of rotatable bonds is 9. The summed E-state index contributed by atoms with van der Waals surface area (Å²) in [5, 5.41) is 23.9. The van der Waals surface area contributed by atoms with Crippen LogP contribution in [0.1, 0.15) is 52.5 Å². The maximum absolute atomic E-state index is 14.2. The smallest absolute Gasteiger partial charge is 0.153 e. The van der Waals surface area contributed by atoms with E-state index in [-0.39, 0.29) is 12.4 Å². The fraction of sp³-hybridized carbons (Fsp3) is 0.571. The second-order valence-electron chi connectivity index (χ2n) is 13.7. The highest BCUT2D eigenvalue weighted by Gasteiger charge is 2.57. The van der Waals surface area contributed by atoms with Crippen LogP contribution >= 0.6 is 0 Å². The van der Waals surface area contributed by atoms with Crippen molar-refractivity contribution >= 4 is 16.7 Å². The number of ether oxygens (including phenoxy) is 1. The Morgan fingerprint density at radius 1 is 1.14 bits per heavy atom. The summed E-state index contributed by atoms with van der Waals surface area (Å²) in [7, 11) is 3.71. The van der Waals surface area contributed by atoms with Gasteiger partial charge in [-0.25, -0.2) is 0 Å². The zero-order valence-corrected chi connectivity index (χ0v) is 25.8. The lowest BCUT2D eigenvalue weighted by atomic mass is 9.43. The van der Waals surface area contributed by atoms with Gasteiger partial charge in [0.05, 0.1) is 31.9 Å². The van der Waals surface area contributed by atoms with E-state index in [1.54, 1.807) is 19.1 Å². The molecule has 2 bridgehead atoms. The Morgan fingerprint density at radius 3 is 2.55 bits per heavy atom. The number of carbonyl (C=O) groups excluding carboxylic acids is 1. The van der Waals surface area contributed by atoms with Gasteiger partial charge in [0, 0.05) is 47.7 Å². The second-order valence-corrected chi connectivity index (χ2v) is 13.7. The molecule has 226 valence electrons. The van der Waals surface area contributed by atoms with Crippen molar-refractivity contribution in [2.45, 2.75) is 71.8 Å². The maximum Gasteiger partial charge on any atom is 0.153 e. The van der Waals surface area contributed by atoms with Gasteiger partial charge in [0.15, 0.2) is 5.78 Å². The van der Waals surface area contributed by atoms with Gasteiger partial charge >= 0.3 is 0 Å². The number of para-hydroxylation sites is 2. The van der Waals surface area contributed by atoms with Crippen LogP contribution in [0.15, 0.2) is 48.7 Å². The van der Waals surface area contributed by atoms with Gasteiger partial charge in [0.25, 0.3) is 0 Å². The molecule has 2 aromatic carbocycles. The highest BCUT2D eigenvalue weighted by Crippen LogP contribution is 2.63. The Bertz CT molecular complexity index is 1460. The van der Waals surface area contributed by atoms with Crippen molar-refractivity contribution in [1.82, 2.24) is 9.63 Å². The van der Waals surface area contributed by atoms with E-state index in [0.29, 0.717) is 42.1 Å². The number of hydroxylamine groups is 2. The van der Waals surface area contributed by atoms with Crippen LogP contribution in [-0.2, 0) is 23.2 Å². The van der Waals surface area contributed by atoms with E-state index in [9.17, 15) is 15.0 Å². The molecule has 3 saturated carbocycles. The Hall–Kier alpha value is -2.71. The number of aliphatic hydroxyl groups excluding tert-OH is 2. The number of hydrogen-bond acceptors (Lipinski definition) is 6. The van der Waals surface area contributed by atoms with Crippen molar-refractivity contribution in [1.29, 1.82) is 0 Å². The van der Waals surface area contributed by atoms with Crippen molar-refractivity contribution in [3.63, 3.8) is 0 Å². The summed E-state index contributed by atoms with van der Waals surface area (Å²) in [5.74, 6) is 2.46. The molecule has 1 unspecified atom stereocenters. The Kier molecular flexibility index (Phi) is 7.75. The second kappa shape index (κ2) is 11.1. The number of carbonyl (C=O) groups is 1. The molecule has 0 radical (unpaired) electrons. The van der Waals surface area contributed by atoms with Gasteiger partial charge in [0.2, 0.25) is 0 Å². The zero-order valence-electron chi connectivity index (χ0n) is 25.8. The summed E-state index contributed by atoms with van der Waals surface area (Å²) in [4.78, 5) is 20.4. The number of nitrogens with zero attached hydrogens (tertiary/aromatic N) is 2. The molecule has 7 nitrogen and oxygen atoms in total. The van der Waals surface area contributed by atoms with E-state index in [0.717, 1.165) is 39.8 Å². The summed E-state index contributed by atoms with van der Waals surface area (Å²) >= 11 is 0. The molecule has 42 heavy (non-hydrogen) atoms. The summed E-state index contributed by atoms with van der Waals surface area (Å²) < 4.78 is 8.14. The first-order valence-corrected chi connectivity index (χ1v) is 15.5. The third kappa shape index (κ3) is 4.69. The molecule has 7 heteroatoms. The average Bonchev–Trinajstić information content (AvgIpc) is 3.54. The van der Waals surface area contributed by atoms with E-state index in [2.05, 4.69) is 61.9 Å². The van der Waals surface area contributed by atoms with Gasteiger partial charge < -0.3 is 19.5 Å². The molecule has 3 aromatic rings. The molecule has 4 fully saturated rings. The number of aryl methyl sites for hydroxylation is 1. The van der Waals surface area contributed by atoms with Crippen molar-refractivity contribution in [3.05, 3.63) is 54.2 Å². The molecule has 0 amide bonds. The number of aliphatic hydroxyl groups is 2. The quantitative estimate of drug-likeness (QED) is 0.346. The number of aromatic nitrogens is 1. The molecular weight excluding hydrogens is 528 g/mol. The van der Waals surface area contributed by atoms with Crippen LogP contribution in [0.3, 0.4) is 0 Å². The Morgan fingerprint density at radius 2 is 1.88 bits per heavy atom. The minimum absolute atomic E-state index is 0.0940. The lowest BCUT2D eigenvalue weighted by molar-refractivity contribution is -0.183. The topological polar surface area (TPSA) is 84.2 Å². The van der Waals surface area contributed by atoms with Crippen LogP contribution in [0.4, 0.5) is 0 Å². The first-order chi connectivity index (χ1) is 20.1. The number of ketones is 1. The molecule has 3 aliphatic carbocycles. The monoisotopic (exact) mass is 574 g/mol. The SMILES string of the molecule is COc1c(CN2O[C@@H](CO)[C@H]([C@H](C)O)C2C(=O)C[C@H]2C[C@H]3C[C@@H]([C@@H]2C)C3(C)C)cccc1-c1cccc2ccn(C)c12. The van der Waals surface area contributed by atoms with E-state index in [1.807, 2.05) is 19.2 Å². The van der Waals surface area contributed by atoms with Crippen LogP contribution in [0.2, 0.25) is 0 Å². The van der Waals surface area contributed by atoms with E-state index < -0.39 is 24.2 Å². The van der Waals surface area contributed by atoms with Crippen molar-refractivity contribution in [2.24, 2.45) is 42.1 Å². The van der Waals surface area contributed by atoms with Gasteiger partial charge in [-0.1, -0.05) is 57.2 Å². The fourth-order valence-corrected chi connectivity index (χ4v) is 8.75. The molecule has 1 saturated heterocycles. The molecular formula is C35H46N2O5. The molecule has 4 aliphatic rings. The van der Waals surface area contributed by atoms with Crippen LogP contribution in [0.25, 0.3) is 22.0 Å². The first kappa shape index (κ1) is 29.4. The average molecular weight is 575 g/mol. The van der Waals surface area contributed by atoms with E-state index in [1.165, 1.54) is 6.42 Å². The zero-order chi connectivity index (χ0) is 29.9. The normalized spacial score (nSPS) is 31.2. The molecule has 1 aliphatic heterocycles. The number of fused-ring (bicyclic) bond motifs is 3. The summed E-state index contributed by atoms with van der Waals surface area (Å²) in [6.07, 6.45) is 3.42. The third-order valence-electron chi connectivity index (χ3n) is 11.2. The lowest BCUT2D eigenvalue weighted by Gasteiger charge is -2.62. The summed E-state index contributed by atoms with van der Waals surface area (Å²) in [6, 6.07) is 13.8. The minimum Gasteiger partial charge on any atom is -0.496 e. The Balaban J connectivity index is 1.31. The van der Waals surface area contributed by atoms with Crippen molar-refractivity contribution < 1.29 is 24.6 Å². The third-order valence-corrected chi connectivity index (χ3v) is 11.2. The highest BCUT2D eigenvalue weighted by molar-refractivity contribution is 5.96.